The van der Waals surface area contributed by atoms with E-state index < -0.39 is 0 Å². The molecule has 0 saturated carbocycles. The summed E-state index contributed by atoms with van der Waals surface area (Å²) in [6.07, 6.45) is 9.96. The summed E-state index contributed by atoms with van der Waals surface area (Å²) in [6.45, 7) is 2.09. The van der Waals surface area contributed by atoms with Crippen molar-refractivity contribution in [2.24, 2.45) is 0 Å². The minimum absolute atomic E-state index is 0.888. The van der Waals surface area contributed by atoms with Crippen LogP contribution >= 0.6 is 0 Å². The van der Waals surface area contributed by atoms with Gasteiger partial charge in [0.2, 0.25) is 0 Å². The number of hydrogen-bond donors (Lipinski definition) is 0. The maximum absolute atomic E-state index is 6.52. The van der Waals surface area contributed by atoms with Crippen molar-refractivity contribution in [1.29, 1.82) is 0 Å². The normalized spacial score (nSPS) is 12.6. The molecule has 4 aromatic heterocycles. The molecule has 4 heteroatoms. The monoisotopic (exact) mass is 625 g/mol. The van der Waals surface area contributed by atoms with Gasteiger partial charge in [0.05, 0.1) is 22.4 Å². The van der Waals surface area contributed by atoms with E-state index in [9.17, 15) is 0 Å². The highest BCUT2D eigenvalue weighted by molar-refractivity contribution is 6.24. The summed E-state index contributed by atoms with van der Waals surface area (Å²) in [7, 11) is 0. The third kappa shape index (κ3) is 4.29. The summed E-state index contributed by atoms with van der Waals surface area (Å²) in [5.74, 6) is 0. The Morgan fingerprint density at radius 2 is 1.49 bits per heavy atom. The van der Waals surface area contributed by atoms with Crippen molar-refractivity contribution >= 4 is 66.2 Å². The Labute approximate surface area is 282 Å². The van der Waals surface area contributed by atoms with Gasteiger partial charge in [-0.25, -0.2) is 4.98 Å². The average molecular weight is 626 g/mol. The van der Waals surface area contributed by atoms with Crippen molar-refractivity contribution in [1.82, 2.24) is 15.0 Å². The fraction of sp³-hybridized carbons (Fsp3) is 0.0222. The molecule has 4 heterocycles. The predicted molar refractivity (Wildman–Crippen MR) is 202 cm³/mol. The Morgan fingerprint density at radius 1 is 0.653 bits per heavy atom. The number of furan rings is 1. The summed E-state index contributed by atoms with van der Waals surface area (Å²) in [6, 6.07) is 40.1. The van der Waals surface area contributed by atoms with Gasteiger partial charge in [-0.05, 0) is 66.6 Å². The standard InChI is InChI=1S/C45H27N3O/c1-27-10-2-3-11-29-25-37(33-16-9-23-46-44(33)41(27)29)31-19-22-38(47-26-31)28-12-8-13-30(24-28)43-36-21-20-34-32-14-5-7-18-40(32)49-45(34)42(36)35-15-4-6-17-39(35)48-43/h2-9,11-26H,1H3. The highest BCUT2D eigenvalue weighted by Crippen LogP contribution is 2.41. The molecule has 0 saturated heterocycles. The molecule has 228 valence electrons. The minimum atomic E-state index is 0.888. The van der Waals surface area contributed by atoms with Crippen LogP contribution < -0.4 is 0 Å². The van der Waals surface area contributed by atoms with Crippen LogP contribution in [0.4, 0.5) is 0 Å². The molecule has 10 rings (SSSR count). The summed E-state index contributed by atoms with van der Waals surface area (Å²) >= 11 is 0. The average Bonchev–Trinajstić information content (AvgIpc) is 3.44. The van der Waals surface area contributed by atoms with Gasteiger partial charge in [0.15, 0.2) is 0 Å². The van der Waals surface area contributed by atoms with Crippen molar-refractivity contribution in [2.75, 3.05) is 0 Å². The van der Waals surface area contributed by atoms with Gasteiger partial charge in [-0.2, -0.15) is 0 Å². The van der Waals surface area contributed by atoms with Crippen LogP contribution in [0.15, 0.2) is 150 Å². The van der Waals surface area contributed by atoms with Gasteiger partial charge < -0.3 is 4.42 Å². The van der Waals surface area contributed by atoms with Crippen LogP contribution in [0.1, 0.15) is 18.1 Å². The van der Waals surface area contributed by atoms with E-state index in [4.69, 9.17) is 19.4 Å². The second kappa shape index (κ2) is 10.7. The Balaban J connectivity index is 1.10. The first-order chi connectivity index (χ1) is 24.2. The van der Waals surface area contributed by atoms with Gasteiger partial charge in [0.25, 0.3) is 0 Å². The zero-order valence-electron chi connectivity index (χ0n) is 26.6. The third-order valence-corrected chi connectivity index (χ3v) is 9.68. The second-order valence-corrected chi connectivity index (χ2v) is 12.5. The molecule has 0 bridgehead atoms. The molecule has 0 N–H and O–H groups in total. The number of pyridine rings is 3. The van der Waals surface area contributed by atoms with Crippen LogP contribution in [0.5, 0.6) is 0 Å². The van der Waals surface area contributed by atoms with Gasteiger partial charge in [-0.3, -0.25) is 9.97 Å². The first-order valence-corrected chi connectivity index (χ1v) is 16.4. The minimum Gasteiger partial charge on any atom is -0.455 e. The molecule has 1 aliphatic rings. The first-order valence-electron chi connectivity index (χ1n) is 16.4. The van der Waals surface area contributed by atoms with E-state index in [1.54, 1.807) is 0 Å². The van der Waals surface area contributed by atoms with Crippen molar-refractivity contribution in [3.8, 4) is 33.6 Å². The molecule has 1 aliphatic carbocycles. The van der Waals surface area contributed by atoms with E-state index in [0.717, 1.165) is 105 Å². The van der Waals surface area contributed by atoms with E-state index in [0.29, 0.717) is 0 Å². The summed E-state index contributed by atoms with van der Waals surface area (Å²) in [5.41, 5.74) is 16.4. The molecule has 0 fully saturated rings. The highest BCUT2D eigenvalue weighted by atomic mass is 16.3. The highest BCUT2D eigenvalue weighted by Gasteiger charge is 2.18. The Bertz CT molecular complexity index is 2920. The van der Waals surface area contributed by atoms with Gasteiger partial charge >= 0.3 is 0 Å². The lowest BCUT2D eigenvalue weighted by Crippen LogP contribution is -1.94. The predicted octanol–water partition coefficient (Wildman–Crippen LogP) is 11.8. The number of rotatable bonds is 3. The van der Waals surface area contributed by atoms with Crippen LogP contribution in [0.3, 0.4) is 0 Å². The fourth-order valence-corrected chi connectivity index (χ4v) is 7.41. The van der Waals surface area contributed by atoms with Crippen LogP contribution in [-0.2, 0) is 0 Å². The molecule has 0 atom stereocenters. The van der Waals surface area contributed by atoms with Gasteiger partial charge in [-0.15, -0.1) is 5.73 Å². The maximum atomic E-state index is 6.52. The molecule has 4 nitrogen and oxygen atoms in total. The molecule has 0 radical (unpaired) electrons. The van der Waals surface area contributed by atoms with Gasteiger partial charge in [-0.1, -0.05) is 84.9 Å². The van der Waals surface area contributed by atoms with Gasteiger partial charge in [0, 0.05) is 72.5 Å². The van der Waals surface area contributed by atoms with E-state index in [1.165, 1.54) is 0 Å². The molecule has 0 unspecified atom stereocenters. The first kappa shape index (κ1) is 27.5. The molecule has 0 aliphatic heterocycles. The van der Waals surface area contributed by atoms with Crippen molar-refractivity contribution in [3.05, 3.63) is 157 Å². The number of para-hydroxylation sites is 2. The SMILES string of the molecule is CC1=C=CC=Cc2cc(-c3ccc(-c4cccc(-c5nc6ccccc6c6c5ccc5c7ccccc7oc56)c4)nc3)c3cccnc3c21. The lowest BCUT2D eigenvalue weighted by Gasteiger charge is -2.14. The Kier molecular flexibility index (Phi) is 6.01. The Morgan fingerprint density at radius 3 is 2.41 bits per heavy atom. The van der Waals surface area contributed by atoms with E-state index in [2.05, 4.69) is 110 Å². The van der Waals surface area contributed by atoms with Gasteiger partial charge in [0.1, 0.15) is 11.2 Å². The number of nitrogens with zero attached hydrogens (tertiary/aromatic N) is 3. The van der Waals surface area contributed by atoms with Crippen LogP contribution in [0, 0.1) is 0 Å². The maximum Gasteiger partial charge on any atom is 0.144 e. The lowest BCUT2D eigenvalue weighted by molar-refractivity contribution is 0.673. The molecule has 49 heavy (non-hydrogen) atoms. The number of benzene rings is 5. The number of fused-ring (bicyclic) bond motifs is 10. The smallest absolute Gasteiger partial charge is 0.144 e. The van der Waals surface area contributed by atoms with Crippen LogP contribution in [0.2, 0.25) is 0 Å². The molecule has 9 aromatic rings. The third-order valence-electron chi connectivity index (χ3n) is 9.68. The molecular formula is C45H27N3O. The summed E-state index contributed by atoms with van der Waals surface area (Å²) in [5, 5.41) is 6.55. The lowest BCUT2D eigenvalue weighted by atomic mass is 9.91. The number of aromatic nitrogens is 3. The van der Waals surface area contributed by atoms with E-state index in [-0.39, 0.29) is 0 Å². The quantitative estimate of drug-likeness (QED) is 0.145. The zero-order valence-corrected chi connectivity index (χ0v) is 26.6. The van der Waals surface area contributed by atoms with Crippen LogP contribution in [0.25, 0.3) is 99.8 Å². The van der Waals surface area contributed by atoms with Crippen molar-refractivity contribution in [2.45, 2.75) is 6.92 Å². The molecule has 0 amide bonds. The molecular weight excluding hydrogens is 599 g/mol. The molecule has 5 aromatic carbocycles. The second-order valence-electron chi connectivity index (χ2n) is 12.5. The largest absolute Gasteiger partial charge is 0.455 e. The van der Waals surface area contributed by atoms with E-state index in [1.807, 2.05) is 48.8 Å². The summed E-state index contributed by atoms with van der Waals surface area (Å²) < 4.78 is 6.52. The molecule has 0 spiro atoms. The van der Waals surface area contributed by atoms with Crippen LogP contribution in [-0.4, -0.2) is 15.0 Å². The number of allylic oxidation sites excluding steroid dienone is 2. The number of hydrogen-bond acceptors (Lipinski definition) is 4. The topological polar surface area (TPSA) is 51.8 Å². The Hall–Kier alpha value is -6.61. The van der Waals surface area contributed by atoms with E-state index >= 15 is 0 Å². The summed E-state index contributed by atoms with van der Waals surface area (Å²) in [4.78, 5) is 15.0. The zero-order chi connectivity index (χ0) is 32.5. The van der Waals surface area contributed by atoms with Crippen molar-refractivity contribution < 1.29 is 4.42 Å². The fourth-order valence-electron chi connectivity index (χ4n) is 7.41. The van der Waals surface area contributed by atoms with Crippen molar-refractivity contribution in [3.63, 3.8) is 0 Å².